The van der Waals surface area contributed by atoms with E-state index in [4.69, 9.17) is 16.3 Å². The summed E-state index contributed by atoms with van der Waals surface area (Å²) in [5.41, 5.74) is 0.491. The van der Waals surface area contributed by atoms with E-state index in [1.165, 1.54) is 0 Å². The summed E-state index contributed by atoms with van der Waals surface area (Å²) < 4.78 is 5.33. The molecule has 1 N–H and O–H groups in total. The largest absolute Gasteiger partial charge is 0.378 e. The van der Waals surface area contributed by atoms with Gasteiger partial charge >= 0.3 is 0 Å². The van der Waals surface area contributed by atoms with Crippen LogP contribution in [-0.4, -0.2) is 42.0 Å². The number of nitrogens with zero attached hydrogens (tertiary/aromatic N) is 2. The van der Waals surface area contributed by atoms with Crippen molar-refractivity contribution in [2.45, 2.75) is 19.4 Å². The number of hydrogen-bond acceptors (Lipinski definition) is 4. The highest BCUT2D eigenvalue weighted by Gasteiger charge is 2.16. The van der Waals surface area contributed by atoms with Gasteiger partial charge in [-0.05, 0) is 25.8 Å². The fourth-order valence-electron chi connectivity index (χ4n) is 1.78. The summed E-state index contributed by atoms with van der Waals surface area (Å²) in [4.78, 5) is 6.41. The Balaban J connectivity index is 2.34. The molecule has 19 heavy (non-hydrogen) atoms. The number of ether oxygens (including phenoxy) is 1. The van der Waals surface area contributed by atoms with Crippen molar-refractivity contribution >= 4 is 17.3 Å². The summed E-state index contributed by atoms with van der Waals surface area (Å²) in [5.74, 6) is 5.70. The monoisotopic (exact) mass is 280 g/mol. The Morgan fingerprint density at radius 3 is 2.74 bits per heavy atom. The quantitative estimate of drug-likeness (QED) is 0.796. The minimum Gasteiger partial charge on any atom is -0.378 e. The molecule has 0 radical (unpaired) electrons. The van der Waals surface area contributed by atoms with Crippen LogP contribution in [-0.2, 0) is 4.74 Å². The van der Waals surface area contributed by atoms with Crippen molar-refractivity contribution in [2.24, 2.45) is 0 Å². The van der Waals surface area contributed by atoms with Crippen molar-refractivity contribution in [3.63, 3.8) is 0 Å². The summed E-state index contributed by atoms with van der Waals surface area (Å²) in [7, 11) is 0. The van der Waals surface area contributed by atoms with Crippen LogP contribution in [0.3, 0.4) is 0 Å². The van der Waals surface area contributed by atoms with Gasteiger partial charge in [-0.2, -0.15) is 0 Å². The number of pyridine rings is 1. The Morgan fingerprint density at radius 1 is 1.42 bits per heavy atom. The number of aliphatic hydroxyl groups is 1. The van der Waals surface area contributed by atoms with Gasteiger partial charge < -0.3 is 14.7 Å². The van der Waals surface area contributed by atoms with Gasteiger partial charge in [-0.25, -0.2) is 4.98 Å². The standard InChI is InChI=1S/C14H17ClN2O2/c1-14(2,18)4-3-12-13(9-11(15)10-16-12)17-5-7-19-8-6-17/h9-10,18H,5-8H2,1-2H3. The number of aromatic nitrogens is 1. The number of rotatable bonds is 1. The van der Waals surface area contributed by atoms with Crippen LogP contribution >= 0.6 is 11.6 Å². The smallest absolute Gasteiger partial charge is 0.136 e. The van der Waals surface area contributed by atoms with E-state index in [0.717, 1.165) is 18.8 Å². The third kappa shape index (κ3) is 4.10. The third-order valence-corrected chi connectivity index (χ3v) is 2.88. The molecule has 102 valence electrons. The average Bonchev–Trinajstić information content (AvgIpc) is 2.37. The van der Waals surface area contributed by atoms with E-state index in [2.05, 4.69) is 21.7 Å². The van der Waals surface area contributed by atoms with E-state index in [1.54, 1.807) is 20.0 Å². The molecule has 4 nitrogen and oxygen atoms in total. The first-order chi connectivity index (χ1) is 8.96. The molecule has 2 heterocycles. The zero-order valence-electron chi connectivity index (χ0n) is 11.1. The zero-order valence-corrected chi connectivity index (χ0v) is 11.9. The van der Waals surface area contributed by atoms with Crippen molar-refractivity contribution in [1.29, 1.82) is 0 Å². The van der Waals surface area contributed by atoms with E-state index in [0.29, 0.717) is 23.9 Å². The van der Waals surface area contributed by atoms with Crippen molar-refractivity contribution in [2.75, 3.05) is 31.2 Å². The molecule has 0 aliphatic carbocycles. The normalized spacial score (nSPS) is 15.9. The highest BCUT2D eigenvalue weighted by Crippen LogP contribution is 2.23. The van der Waals surface area contributed by atoms with Crippen LogP contribution in [0.2, 0.25) is 5.02 Å². The van der Waals surface area contributed by atoms with Crippen LogP contribution in [0.1, 0.15) is 19.5 Å². The summed E-state index contributed by atoms with van der Waals surface area (Å²) >= 11 is 6.01. The Labute approximate surface area is 118 Å². The highest BCUT2D eigenvalue weighted by atomic mass is 35.5. The van der Waals surface area contributed by atoms with Crippen LogP contribution in [0.25, 0.3) is 0 Å². The third-order valence-electron chi connectivity index (χ3n) is 2.67. The van der Waals surface area contributed by atoms with Crippen LogP contribution < -0.4 is 4.90 Å². The molecular formula is C14H17ClN2O2. The zero-order chi connectivity index (χ0) is 13.9. The molecular weight excluding hydrogens is 264 g/mol. The second-order valence-corrected chi connectivity index (χ2v) is 5.37. The van der Waals surface area contributed by atoms with Crippen molar-refractivity contribution in [3.05, 3.63) is 23.0 Å². The first-order valence-corrected chi connectivity index (χ1v) is 6.57. The van der Waals surface area contributed by atoms with Crippen LogP contribution in [0.5, 0.6) is 0 Å². The van der Waals surface area contributed by atoms with Crippen molar-refractivity contribution in [3.8, 4) is 11.8 Å². The Kier molecular flexibility index (Phi) is 4.31. The maximum atomic E-state index is 9.67. The van der Waals surface area contributed by atoms with Crippen LogP contribution in [0.4, 0.5) is 5.69 Å². The van der Waals surface area contributed by atoms with E-state index in [1.807, 2.05) is 6.07 Å². The second kappa shape index (κ2) is 5.79. The van der Waals surface area contributed by atoms with Gasteiger partial charge in [0.2, 0.25) is 0 Å². The van der Waals surface area contributed by atoms with Gasteiger partial charge in [0.15, 0.2) is 0 Å². The molecule has 0 saturated carbocycles. The number of anilines is 1. The molecule has 1 aliphatic rings. The van der Waals surface area contributed by atoms with E-state index >= 15 is 0 Å². The summed E-state index contributed by atoms with van der Waals surface area (Å²) in [5, 5.41) is 10.3. The average molecular weight is 281 g/mol. The number of morpholine rings is 1. The molecule has 0 atom stereocenters. The van der Waals surface area contributed by atoms with Crippen LogP contribution in [0.15, 0.2) is 12.3 Å². The topological polar surface area (TPSA) is 45.6 Å². The van der Waals surface area contributed by atoms with Crippen LogP contribution in [0, 0.1) is 11.8 Å². The molecule has 5 heteroatoms. The predicted octanol–water partition coefficient (Wildman–Crippen LogP) is 1.69. The maximum Gasteiger partial charge on any atom is 0.136 e. The fraction of sp³-hybridized carbons (Fsp3) is 0.500. The number of halogens is 1. The van der Waals surface area contributed by atoms with E-state index < -0.39 is 5.60 Å². The molecule has 1 aliphatic heterocycles. The SMILES string of the molecule is CC(C)(O)C#Cc1ncc(Cl)cc1N1CCOCC1. The molecule has 0 spiro atoms. The molecule has 0 unspecified atom stereocenters. The van der Waals surface area contributed by atoms with Gasteiger partial charge in [-0.3, -0.25) is 0 Å². The minimum absolute atomic E-state index is 0.579. The first kappa shape index (κ1) is 14.1. The van der Waals surface area contributed by atoms with E-state index in [-0.39, 0.29) is 0 Å². The molecule has 0 bridgehead atoms. The lowest BCUT2D eigenvalue weighted by Crippen LogP contribution is -2.36. The summed E-state index contributed by atoms with van der Waals surface area (Å²) in [6.07, 6.45) is 1.57. The number of hydrogen-bond donors (Lipinski definition) is 1. The van der Waals surface area contributed by atoms with Gasteiger partial charge in [0.05, 0.1) is 23.9 Å². The predicted molar refractivity (Wildman–Crippen MR) is 75.5 cm³/mol. The molecule has 0 aromatic carbocycles. The van der Waals surface area contributed by atoms with Gasteiger partial charge in [-0.1, -0.05) is 17.5 Å². The molecule has 2 rings (SSSR count). The fourth-order valence-corrected chi connectivity index (χ4v) is 1.93. The van der Waals surface area contributed by atoms with Gasteiger partial charge in [0.25, 0.3) is 0 Å². The van der Waals surface area contributed by atoms with E-state index in [9.17, 15) is 5.11 Å². The summed E-state index contributed by atoms with van der Waals surface area (Å²) in [6, 6.07) is 1.86. The summed E-state index contributed by atoms with van der Waals surface area (Å²) in [6.45, 7) is 6.24. The Morgan fingerprint density at radius 2 is 2.11 bits per heavy atom. The Hall–Kier alpha value is -1.28. The van der Waals surface area contributed by atoms with Crippen molar-refractivity contribution < 1.29 is 9.84 Å². The van der Waals surface area contributed by atoms with Crippen molar-refractivity contribution in [1.82, 2.24) is 4.98 Å². The molecule has 1 saturated heterocycles. The molecule has 1 aromatic rings. The Bertz CT molecular complexity index is 508. The maximum absolute atomic E-state index is 9.67. The lowest BCUT2D eigenvalue weighted by Gasteiger charge is -2.29. The highest BCUT2D eigenvalue weighted by molar-refractivity contribution is 6.30. The molecule has 0 amide bonds. The van der Waals surface area contributed by atoms with Gasteiger partial charge in [0, 0.05) is 19.3 Å². The second-order valence-electron chi connectivity index (χ2n) is 4.93. The first-order valence-electron chi connectivity index (χ1n) is 6.19. The molecule has 1 aromatic heterocycles. The lowest BCUT2D eigenvalue weighted by molar-refractivity contribution is 0.122. The van der Waals surface area contributed by atoms with Gasteiger partial charge in [0.1, 0.15) is 11.3 Å². The minimum atomic E-state index is -1.04. The van der Waals surface area contributed by atoms with Gasteiger partial charge in [-0.15, -0.1) is 0 Å². The lowest BCUT2D eigenvalue weighted by atomic mass is 10.1. The molecule has 1 fully saturated rings.